The first kappa shape index (κ1) is 12.8. The van der Waals surface area contributed by atoms with Gasteiger partial charge in [-0.15, -0.1) is 11.3 Å². The third kappa shape index (κ3) is 2.30. The Morgan fingerprint density at radius 2 is 2.33 bits per heavy atom. The number of nitrogens with one attached hydrogen (secondary N) is 2. The summed E-state index contributed by atoms with van der Waals surface area (Å²) in [7, 11) is 0. The molecule has 0 radical (unpaired) electrons. The summed E-state index contributed by atoms with van der Waals surface area (Å²) in [4.78, 5) is 22.0. The second-order valence-electron chi connectivity index (χ2n) is 5.23. The van der Waals surface area contributed by atoms with Gasteiger partial charge in [0.15, 0.2) is 0 Å². The molecular weight excluding hydrogens is 286 g/mol. The number of thiophene rings is 1. The highest BCUT2D eigenvalue weighted by atomic mass is 32.1. The number of aryl methyl sites for hydroxylation is 2. The summed E-state index contributed by atoms with van der Waals surface area (Å²) in [6, 6.07) is 3.77. The molecule has 6 heteroatoms. The minimum Gasteiger partial charge on any atom is -0.468 e. The number of fused-ring (bicyclic) bond motifs is 3. The van der Waals surface area contributed by atoms with Crippen molar-refractivity contribution in [3.63, 3.8) is 0 Å². The van der Waals surface area contributed by atoms with E-state index in [-0.39, 0.29) is 5.56 Å². The molecule has 4 rings (SSSR count). The topological polar surface area (TPSA) is 70.9 Å². The second kappa shape index (κ2) is 5.13. The minimum absolute atomic E-state index is 0.00537. The van der Waals surface area contributed by atoms with Gasteiger partial charge in [0.05, 0.1) is 24.7 Å². The van der Waals surface area contributed by atoms with Crippen LogP contribution in [0.15, 0.2) is 27.6 Å². The SMILES string of the molecule is O=c1[nH]c(CNCc2ccco2)nc2sc3c(c12)CCC3. The summed E-state index contributed by atoms with van der Waals surface area (Å²) in [6.45, 7) is 1.14. The first-order valence-electron chi connectivity index (χ1n) is 7.08. The molecule has 0 aliphatic heterocycles. The minimum atomic E-state index is -0.00537. The molecule has 0 amide bonds. The van der Waals surface area contributed by atoms with Crippen molar-refractivity contribution in [2.75, 3.05) is 0 Å². The average Bonchev–Trinajstić information content (AvgIpc) is 3.13. The predicted molar refractivity (Wildman–Crippen MR) is 81.5 cm³/mol. The van der Waals surface area contributed by atoms with Crippen LogP contribution in [0.3, 0.4) is 0 Å². The summed E-state index contributed by atoms with van der Waals surface area (Å²) in [5.74, 6) is 1.55. The number of H-pyrrole nitrogens is 1. The van der Waals surface area contributed by atoms with Gasteiger partial charge < -0.3 is 14.7 Å². The van der Waals surface area contributed by atoms with Gasteiger partial charge in [-0.05, 0) is 37.0 Å². The van der Waals surface area contributed by atoms with Crippen LogP contribution in [-0.2, 0) is 25.9 Å². The Bertz CT molecular complexity index is 833. The average molecular weight is 301 g/mol. The van der Waals surface area contributed by atoms with Gasteiger partial charge in [0.1, 0.15) is 16.4 Å². The van der Waals surface area contributed by atoms with Crippen molar-refractivity contribution in [3.8, 4) is 0 Å². The van der Waals surface area contributed by atoms with Gasteiger partial charge in [-0.2, -0.15) is 0 Å². The maximum absolute atomic E-state index is 12.3. The van der Waals surface area contributed by atoms with Gasteiger partial charge in [0.25, 0.3) is 5.56 Å². The number of hydrogen-bond donors (Lipinski definition) is 2. The largest absolute Gasteiger partial charge is 0.468 e. The van der Waals surface area contributed by atoms with Crippen LogP contribution in [0.25, 0.3) is 10.2 Å². The summed E-state index contributed by atoms with van der Waals surface area (Å²) < 4.78 is 5.25. The summed E-state index contributed by atoms with van der Waals surface area (Å²) >= 11 is 1.67. The fourth-order valence-corrected chi connectivity index (χ4v) is 4.13. The normalized spacial score (nSPS) is 13.9. The van der Waals surface area contributed by atoms with E-state index in [4.69, 9.17) is 4.42 Å². The fraction of sp³-hybridized carbons (Fsp3) is 0.333. The van der Waals surface area contributed by atoms with E-state index in [1.807, 2.05) is 12.1 Å². The molecule has 0 saturated heterocycles. The molecule has 3 aromatic rings. The van der Waals surface area contributed by atoms with Crippen LogP contribution in [0.5, 0.6) is 0 Å². The highest BCUT2D eigenvalue weighted by Gasteiger charge is 2.20. The Balaban J connectivity index is 1.57. The smallest absolute Gasteiger partial charge is 0.259 e. The van der Waals surface area contributed by atoms with E-state index in [0.29, 0.717) is 18.9 Å². The van der Waals surface area contributed by atoms with Gasteiger partial charge in [0.2, 0.25) is 0 Å². The van der Waals surface area contributed by atoms with Crippen LogP contribution in [-0.4, -0.2) is 9.97 Å². The summed E-state index contributed by atoms with van der Waals surface area (Å²) in [6.07, 6.45) is 4.90. The molecule has 3 heterocycles. The Morgan fingerprint density at radius 1 is 1.38 bits per heavy atom. The molecule has 0 unspecified atom stereocenters. The zero-order chi connectivity index (χ0) is 14.2. The van der Waals surface area contributed by atoms with Crippen LogP contribution in [0.2, 0.25) is 0 Å². The molecular formula is C15H15N3O2S. The van der Waals surface area contributed by atoms with Gasteiger partial charge in [0, 0.05) is 4.88 Å². The number of rotatable bonds is 4. The molecule has 0 fully saturated rings. The quantitative estimate of drug-likeness (QED) is 0.776. The third-order valence-corrected chi connectivity index (χ3v) is 4.98. The molecule has 0 bridgehead atoms. The Kier molecular flexibility index (Phi) is 3.12. The standard InChI is InChI=1S/C15H15N3O2S/c19-14-13-10-4-1-5-11(10)21-15(13)18-12(17-14)8-16-7-9-3-2-6-20-9/h2-3,6,16H,1,4-5,7-8H2,(H,17,18,19). The number of furan rings is 1. The van der Waals surface area contributed by atoms with Crippen LogP contribution in [0.4, 0.5) is 0 Å². The van der Waals surface area contributed by atoms with Crippen molar-refractivity contribution in [3.05, 3.63) is 50.8 Å². The number of aromatic nitrogens is 2. The lowest BCUT2D eigenvalue weighted by Crippen LogP contribution is -2.19. The molecule has 0 spiro atoms. The van der Waals surface area contributed by atoms with Crippen LogP contribution < -0.4 is 10.9 Å². The van der Waals surface area contributed by atoms with Gasteiger partial charge >= 0.3 is 0 Å². The number of nitrogens with zero attached hydrogens (tertiary/aromatic N) is 1. The molecule has 5 nitrogen and oxygen atoms in total. The lowest BCUT2D eigenvalue weighted by atomic mass is 10.2. The monoisotopic (exact) mass is 301 g/mol. The van der Waals surface area contributed by atoms with Crippen molar-refractivity contribution in [1.82, 2.24) is 15.3 Å². The maximum Gasteiger partial charge on any atom is 0.259 e. The molecule has 0 aromatic carbocycles. The van der Waals surface area contributed by atoms with E-state index in [1.54, 1.807) is 17.6 Å². The third-order valence-electron chi connectivity index (χ3n) is 3.80. The number of hydrogen-bond acceptors (Lipinski definition) is 5. The first-order chi connectivity index (χ1) is 10.3. The number of aromatic amines is 1. The summed E-state index contributed by atoms with van der Waals surface area (Å²) in [5, 5.41) is 4.03. The van der Waals surface area contributed by atoms with E-state index in [2.05, 4.69) is 15.3 Å². The Morgan fingerprint density at radius 3 is 3.19 bits per heavy atom. The van der Waals surface area contributed by atoms with Crippen molar-refractivity contribution in [2.24, 2.45) is 0 Å². The van der Waals surface area contributed by atoms with Crippen LogP contribution >= 0.6 is 11.3 Å². The molecule has 108 valence electrons. The highest BCUT2D eigenvalue weighted by molar-refractivity contribution is 7.18. The van der Waals surface area contributed by atoms with Crippen molar-refractivity contribution in [1.29, 1.82) is 0 Å². The fourth-order valence-electron chi connectivity index (χ4n) is 2.85. The van der Waals surface area contributed by atoms with Gasteiger partial charge in [-0.3, -0.25) is 4.79 Å². The molecule has 3 aromatic heterocycles. The molecule has 2 N–H and O–H groups in total. The van der Waals surface area contributed by atoms with Crippen molar-refractivity contribution < 1.29 is 4.42 Å². The maximum atomic E-state index is 12.3. The first-order valence-corrected chi connectivity index (χ1v) is 7.89. The molecule has 1 aliphatic rings. The van der Waals surface area contributed by atoms with E-state index >= 15 is 0 Å². The Labute approximate surface area is 125 Å². The van der Waals surface area contributed by atoms with Crippen LogP contribution in [0.1, 0.15) is 28.4 Å². The molecule has 0 saturated carbocycles. The van der Waals surface area contributed by atoms with Crippen LogP contribution in [0, 0.1) is 0 Å². The van der Waals surface area contributed by atoms with Crippen molar-refractivity contribution in [2.45, 2.75) is 32.4 Å². The van der Waals surface area contributed by atoms with E-state index in [0.717, 1.165) is 35.2 Å². The highest BCUT2D eigenvalue weighted by Crippen LogP contribution is 2.34. The zero-order valence-corrected chi connectivity index (χ0v) is 12.3. The molecule has 0 atom stereocenters. The second-order valence-corrected chi connectivity index (χ2v) is 6.32. The lowest BCUT2D eigenvalue weighted by molar-refractivity contribution is 0.480. The van der Waals surface area contributed by atoms with E-state index in [9.17, 15) is 4.79 Å². The van der Waals surface area contributed by atoms with Crippen molar-refractivity contribution >= 4 is 21.6 Å². The molecule has 21 heavy (non-hydrogen) atoms. The van der Waals surface area contributed by atoms with E-state index < -0.39 is 0 Å². The molecule has 1 aliphatic carbocycles. The zero-order valence-electron chi connectivity index (χ0n) is 11.4. The van der Waals surface area contributed by atoms with Gasteiger partial charge in [-0.25, -0.2) is 4.98 Å². The predicted octanol–water partition coefficient (Wildman–Crippen LogP) is 2.36. The van der Waals surface area contributed by atoms with Gasteiger partial charge in [-0.1, -0.05) is 0 Å². The lowest BCUT2D eigenvalue weighted by Gasteiger charge is -2.03. The Hall–Kier alpha value is -1.92. The summed E-state index contributed by atoms with van der Waals surface area (Å²) in [5.41, 5.74) is 1.22. The van der Waals surface area contributed by atoms with E-state index in [1.165, 1.54) is 10.4 Å².